The number of carboxylic acids is 1. The first kappa shape index (κ1) is 14.6. The second kappa shape index (κ2) is 7.04. The summed E-state index contributed by atoms with van der Waals surface area (Å²) in [4.78, 5) is 11.2. The third-order valence-corrected chi connectivity index (χ3v) is 3.06. The fourth-order valence-corrected chi connectivity index (χ4v) is 1.93. The molecule has 0 aliphatic heterocycles. The molecule has 18 heavy (non-hydrogen) atoms. The molecule has 0 saturated heterocycles. The van der Waals surface area contributed by atoms with E-state index >= 15 is 0 Å². The van der Waals surface area contributed by atoms with Crippen molar-refractivity contribution >= 4 is 5.97 Å². The van der Waals surface area contributed by atoms with E-state index in [1.165, 1.54) is 0 Å². The van der Waals surface area contributed by atoms with Crippen LogP contribution >= 0.6 is 0 Å². The molecular formula is C15H22O3. The highest BCUT2D eigenvalue weighted by atomic mass is 16.5. The Labute approximate surface area is 109 Å². The maximum atomic E-state index is 11.2. The third-order valence-electron chi connectivity index (χ3n) is 3.06. The Balaban J connectivity index is 2.67. The summed E-state index contributed by atoms with van der Waals surface area (Å²) >= 11 is 0. The first-order valence-electron chi connectivity index (χ1n) is 6.38. The molecule has 100 valence electrons. The van der Waals surface area contributed by atoms with Crippen molar-refractivity contribution in [3.8, 4) is 5.75 Å². The lowest BCUT2D eigenvalue weighted by molar-refractivity contribution is -0.142. The summed E-state index contributed by atoms with van der Waals surface area (Å²) in [5, 5.41) is 9.24. The van der Waals surface area contributed by atoms with E-state index in [-0.39, 0.29) is 5.92 Å². The van der Waals surface area contributed by atoms with Crippen LogP contribution in [0.5, 0.6) is 5.75 Å². The predicted molar refractivity (Wildman–Crippen MR) is 71.9 cm³/mol. The van der Waals surface area contributed by atoms with E-state index in [1.807, 2.05) is 24.3 Å². The minimum absolute atomic E-state index is 0.306. The molecule has 1 unspecified atom stereocenters. The van der Waals surface area contributed by atoms with Gasteiger partial charge in [0.25, 0.3) is 0 Å². The van der Waals surface area contributed by atoms with Crippen LogP contribution in [-0.2, 0) is 11.2 Å². The van der Waals surface area contributed by atoms with Gasteiger partial charge in [-0.3, -0.25) is 4.79 Å². The number of hydrogen-bond acceptors (Lipinski definition) is 2. The molecule has 0 aliphatic carbocycles. The van der Waals surface area contributed by atoms with Crippen molar-refractivity contribution in [2.45, 2.75) is 33.1 Å². The lowest BCUT2D eigenvalue weighted by Gasteiger charge is -2.14. The van der Waals surface area contributed by atoms with Gasteiger partial charge in [0.15, 0.2) is 0 Å². The molecule has 0 aromatic heterocycles. The van der Waals surface area contributed by atoms with Crippen LogP contribution in [0.4, 0.5) is 0 Å². The van der Waals surface area contributed by atoms with Gasteiger partial charge in [0, 0.05) is 0 Å². The molecule has 0 bridgehead atoms. The lowest BCUT2D eigenvalue weighted by Crippen LogP contribution is -2.17. The Bertz CT molecular complexity index is 385. The van der Waals surface area contributed by atoms with Crippen molar-refractivity contribution in [3.63, 3.8) is 0 Å². The number of carbonyl (C=O) groups is 1. The minimum Gasteiger partial charge on any atom is -0.497 e. The van der Waals surface area contributed by atoms with Gasteiger partial charge in [-0.2, -0.15) is 0 Å². The molecule has 0 saturated carbocycles. The van der Waals surface area contributed by atoms with E-state index in [0.717, 1.165) is 24.2 Å². The molecule has 1 rings (SSSR count). The topological polar surface area (TPSA) is 46.5 Å². The normalized spacial score (nSPS) is 12.4. The summed E-state index contributed by atoms with van der Waals surface area (Å²) in [5.74, 6) is 0.302. The monoisotopic (exact) mass is 250 g/mol. The number of methoxy groups -OCH3 is 1. The van der Waals surface area contributed by atoms with Crippen LogP contribution in [0.2, 0.25) is 0 Å². The third kappa shape index (κ3) is 4.78. The molecule has 0 aliphatic rings. The summed E-state index contributed by atoms with van der Waals surface area (Å²) in [5.41, 5.74) is 1.02. The lowest BCUT2D eigenvalue weighted by atomic mass is 9.92. The van der Waals surface area contributed by atoms with E-state index in [1.54, 1.807) is 7.11 Å². The van der Waals surface area contributed by atoms with Crippen LogP contribution in [0, 0.1) is 11.8 Å². The number of rotatable bonds is 7. The Hall–Kier alpha value is -1.51. The van der Waals surface area contributed by atoms with Crippen LogP contribution in [0.3, 0.4) is 0 Å². The van der Waals surface area contributed by atoms with Crippen LogP contribution in [0.1, 0.15) is 32.3 Å². The molecule has 1 aromatic rings. The minimum atomic E-state index is -0.710. The zero-order chi connectivity index (χ0) is 13.5. The average Bonchev–Trinajstić information content (AvgIpc) is 2.34. The number of aliphatic carboxylic acids is 1. The zero-order valence-corrected chi connectivity index (χ0v) is 11.3. The summed E-state index contributed by atoms with van der Waals surface area (Å²) in [6.07, 6.45) is 2.24. The van der Waals surface area contributed by atoms with Gasteiger partial charge >= 0.3 is 5.97 Å². The van der Waals surface area contributed by atoms with Crippen molar-refractivity contribution < 1.29 is 14.6 Å². The highest BCUT2D eigenvalue weighted by molar-refractivity contribution is 5.70. The fourth-order valence-electron chi connectivity index (χ4n) is 1.93. The Kier molecular flexibility index (Phi) is 5.69. The standard InChI is InChI=1S/C15H22O3/c1-11(2)7-8-13(15(16)17)9-12-5-4-6-14(10-12)18-3/h4-6,10-11,13H,7-9H2,1-3H3,(H,16,17). The maximum absolute atomic E-state index is 11.2. The van der Waals surface area contributed by atoms with Gasteiger partial charge in [0.1, 0.15) is 5.75 Å². The molecule has 1 aromatic carbocycles. The van der Waals surface area contributed by atoms with Crippen LogP contribution < -0.4 is 4.74 Å². The van der Waals surface area contributed by atoms with Gasteiger partial charge in [-0.05, 0) is 36.5 Å². The number of ether oxygens (including phenoxy) is 1. The van der Waals surface area contributed by atoms with Crippen LogP contribution in [-0.4, -0.2) is 18.2 Å². The quantitative estimate of drug-likeness (QED) is 0.807. The van der Waals surface area contributed by atoms with E-state index in [0.29, 0.717) is 12.3 Å². The van der Waals surface area contributed by atoms with Gasteiger partial charge < -0.3 is 9.84 Å². The molecule has 0 spiro atoms. The molecule has 3 heteroatoms. The SMILES string of the molecule is COc1cccc(CC(CCC(C)C)C(=O)O)c1. The largest absolute Gasteiger partial charge is 0.497 e. The highest BCUT2D eigenvalue weighted by Gasteiger charge is 2.18. The van der Waals surface area contributed by atoms with Crippen molar-refractivity contribution in [1.82, 2.24) is 0 Å². The second-order valence-corrected chi connectivity index (χ2v) is 5.06. The molecule has 3 nitrogen and oxygen atoms in total. The second-order valence-electron chi connectivity index (χ2n) is 5.06. The van der Waals surface area contributed by atoms with Crippen LogP contribution in [0.15, 0.2) is 24.3 Å². The Morgan fingerprint density at radius 1 is 1.33 bits per heavy atom. The maximum Gasteiger partial charge on any atom is 0.306 e. The number of hydrogen-bond donors (Lipinski definition) is 1. The van der Waals surface area contributed by atoms with Gasteiger partial charge in [-0.1, -0.05) is 32.4 Å². The highest BCUT2D eigenvalue weighted by Crippen LogP contribution is 2.20. The van der Waals surface area contributed by atoms with Gasteiger partial charge in [0.2, 0.25) is 0 Å². The molecule has 0 fully saturated rings. The molecule has 1 atom stereocenters. The summed E-state index contributed by atoms with van der Waals surface area (Å²) < 4.78 is 5.15. The van der Waals surface area contributed by atoms with Crippen molar-refractivity contribution in [1.29, 1.82) is 0 Å². The first-order chi connectivity index (χ1) is 8.52. The number of carboxylic acid groups (broad SMARTS) is 1. The molecule has 0 heterocycles. The van der Waals surface area contributed by atoms with Crippen molar-refractivity contribution in [3.05, 3.63) is 29.8 Å². The summed E-state index contributed by atoms with van der Waals surface area (Å²) in [6, 6.07) is 7.63. The van der Waals surface area contributed by atoms with Crippen LogP contribution in [0.25, 0.3) is 0 Å². The Morgan fingerprint density at radius 3 is 2.61 bits per heavy atom. The van der Waals surface area contributed by atoms with E-state index in [9.17, 15) is 9.90 Å². The van der Waals surface area contributed by atoms with Gasteiger partial charge in [-0.25, -0.2) is 0 Å². The average molecular weight is 250 g/mol. The van der Waals surface area contributed by atoms with Gasteiger partial charge in [-0.15, -0.1) is 0 Å². The molecule has 0 radical (unpaired) electrons. The van der Waals surface area contributed by atoms with Crippen molar-refractivity contribution in [2.75, 3.05) is 7.11 Å². The fraction of sp³-hybridized carbons (Fsp3) is 0.533. The van der Waals surface area contributed by atoms with Gasteiger partial charge in [0.05, 0.1) is 13.0 Å². The van der Waals surface area contributed by atoms with E-state index in [4.69, 9.17) is 4.74 Å². The summed E-state index contributed by atoms with van der Waals surface area (Å²) in [6.45, 7) is 4.23. The molecule has 1 N–H and O–H groups in total. The smallest absolute Gasteiger partial charge is 0.306 e. The van der Waals surface area contributed by atoms with E-state index < -0.39 is 5.97 Å². The summed E-state index contributed by atoms with van der Waals surface area (Å²) in [7, 11) is 1.62. The zero-order valence-electron chi connectivity index (χ0n) is 11.3. The predicted octanol–water partition coefficient (Wildman–Crippen LogP) is 3.37. The first-order valence-corrected chi connectivity index (χ1v) is 6.38. The van der Waals surface area contributed by atoms with E-state index in [2.05, 4.69) is 13.8 Å². The molecular weight excluding hydrogens is 228 g/mol. The Morgan fingerprint density at radius 2 is 2.06 bits per heavy atom. The van der Waals surface area contributed by atoms with Crippen molar-refractivity contribution in [2.24, 2.45) is 11.8 Å². The number of benzene rings is 1. The molecule has 0 amide bonds.